The number of piperazine rings is 1. The molecule has 0 saturated carbocycles. The molecule has 1 aliphatic heterocycles. The summed E-state index contributed by atoms with van der Waals surface area (Å²) in [6, 6.07) is 3.34. The van der Waals surface area contributed by atoms with Gasteiger partial charge in [0.25, 0.3) is 0 Å². The van der Waals surface area contributed by atoms with Crippen LogP contribution in [0.3, 0.4) is 0 Å². The van der Waals surface area contributed by atoms with Crippen molar-refractivity contribution < 1.29 is 14.0 Å². The van der Waals surface area contributed by atoms with E-state index in [0.29, 0.717) is 11.4 Å². The molecule has 1 saturated heterocycles. The summed E-state index contributed by atoms with van der Waals surface area (Å²) in [7, 11) is 0. The number of amides is 2. The number of rotatable bonds is 3. The van der Waals surface area contributed by atoms with Crippen molar-refractivity contribution >= 4 is 29.1 Å². The van der Waals surface area contributed by atoms with E-state index in [1.165, 1.54) is 18.2 Å². The minimum atomic E-state index is -0.616. The molecule has 4 nitrogen and oxygen atoms in total. The normalized spacial score (nSPS) is 19.4. The third-order valence-corrected chi connectivity index (χ3v) is 3.34. The summed E-state index contributed by atoms with van der Waals surface area (Å²) in [6.45, 7) is 3.72. The largest absolute Gasteiger partial charge is 0.343 e. The molecular formula is C14H16ClFN2O2. The first kappa shape index (κ1) is 14.8. The van der Waals surface area contributed by atoms with Crippen LogP contribution < -0.4 is 10.2 Å². The van der Waals surface area contributed by atoms with E-state index in [2.05, 4.69) is 5.32 Å². The van der Waals surface area contributed by atoms with Crippen LogP contribution in [0.4, 0.5) is 10.1 Å². The number of carbonyl (C=O) groups is 2. The molecule has 1 atom stereocenters. The van der Waals surface area contributed by atoms with Gasteiger partial charge in [0, 0.05) is 5.02 Å². The van der Waals surface area contributed by atoms with E-state index in [-0.39, 0.29) is 30.0 Å². The van der Waals surface area contributed by atoms with Crippen LogP contribution in [0.1, 0.15) is 20.3 Å². The zero-order chi connectivity index (χ0) is 14.9. The van der Waals surface area contributed by atoms with Gasteiger partial charge < -0.3 is 5.32 Å². The number of hydrogen-bond donors (Lipinski definition) is 1. The Balaban J connectivity index is 2.32. The van der Waals surface area contributed by atoms with Crippen LogP contribution in [0.5, 0.6) is 0 Å². The van der Waals surface area contributed by atoms with Gasteiger partial charge in [-0.25, -0.2) is 4.39 Å². The van der Waals surface area contributed by atoms with Gasteiger partial charge in [0.05, 0.1) is 5.69 Å². The highest BCUT2D eigenvalue weighted by atomic mass is 35.5. The maximum absolute atomic E-state index is 13.9. The minimum absolute atomic E-state index is 0.0473. The zero-order valence-electron chi connectivity index (χ0n) is 11.3. The highest BCUT2D eigenvalue weighted by Crippen LogP contribution is 2.26. The molecule has 1 aliphatic rings. The number of anilines is 1. The number of nitrogens with one attached hydrogen (secondary N) is 1. The van der Waals surface area contributed by atoms with Gasteiger partial charge in [-0.05, 0) is 30.5 Å². The Morgan fingerprint density at radius 2 is 2.15 bits per heavy atom. The van der Waals surface area contributed by atoms with E-state index in [9.17, 15) is 14.0 Å². The average molecular weight is 299 g/mol. The Morgan fingerprint density at radius 1 is 1.45 bits per heavy atom. The van der Waals surface area contributed by atoms with Crippen LogP contribution in [0.2, 0.25) is 5.02 Å². The Bertz CT molecular complexity index is 548. The molecule has 1 fully saturated rings. The second kappa shape index (κ2) is 5.79. The Hall–Kier alpha value is -1.62. The lowest BCUT2D eigenvalue weighted by Crippen LogP contribution is -2.58. The first-order valence-corrected chi connectivity index (χ1v) is 6.82. The molecule has 6 heteroatoms. The van der Waals surface area contributed by atoms with E-state index >= 15 is 0 Å². The second-order valence-corrected chi connectivity index (χ2v) is 5.71. The number of hydrogen-bond acceptors (Lipinski definition) is 2. The lowest BCUT2D eigenvalue weighted by Gasteiger charge is -2.33. The summed E-state index contributed by atoms with van der Waals surface area (Å²) in [5, 5.41) is 2.97. The van der Waals surface area contributed by atoms with Gasteiger partial charge in [-0.1, -0.05) is 25.4 Å². The van der Waals surface area contributed by atoms with Crippen molar-refractivity contribution in [3.63, 3.8) is 0 Å². The van der Waals surface area contributed by atoms with Gasteiger partial charge in [-0.2, -0.15) is 0 Å². The van der Waals surface area contributed by atoms with Gasteiger partial charge >= 0.3 is 0 Å². The van der Waals surface area contributed by atoms with Crippen molar-refractivity contribution in [3.05, 3.63) is 29.0 Å². The molecule has 20 heavy (non-hydrogen) atoms. The second-order valence-electron chi connectivity index (χ2n) is 5.27. The number of nitrogens with zero attached hydrogens (tertiary/aromatic N) is 1. The third-order valence-electron chi connectivity index (χ3n) is 3.11. The summed E-state index contributed by atoms with van der Waals surface area (Å²) >= 11 is 5.84. The van der Waals surface area contributed by atoms with Crippen LogP contribution in [0, 0.1) is 11.7 Å². The van der Waals surface area contributed by atoms with E-state index in [0.717, 1.165) is 4.90 Å². The molecule has 0 aromatic heterocycles. The van der Waals surface area contributed by atoms with Crippen molar-refractivity contribution in [3.8, 4) is 0 Å². The van der Waals surface area contributed by atoms with Crippen LogP contribution in [-0.4, -0.2) is 24.4 Å². The van der Waals surface area contributed by atoms with Gasteiger partial charge in [0.2, 0.25) is 11.8 Å². The highest BCUT2D eigenvalue weighted by molar-refractivity contribution is 6.31. The fourth-order valence-electron chi connectivity index (χ4n) is 2.24. The Labute approximate surface area is 121 Å². The molecule has 0 radical (unpaired) electrons. The molecule has 2 rings (SSSR count). The molecule has 0 aliphatic carbocycles. The fraction of sp³-hybridized carbons (Fsp3) is 0.429. The predicted octanol–water partition coefficient (Wildman–Crippen LogP) is 2.36. The monoisotopic (exact) mass is 298 g/mol. The number of halogens is 2. The van der Waals surface area contributed by atoms with E-state index in [1.54, 1.807) is 0 Å². The lowest BCUT2D eigenvalue weighted by molar-refractivity contribution is -0.131. The zero-order valence-corrected chi connectivity index (χ0v) is 12.1. The SMILES string of the molecule is CC(C)CC1NC(=O)CN(c2cc(Cl)ccc2F)C1=O. The number of carbonyl (C=O) groups excluding carboxylic acids is 2. The lowest BCUT2D eigenvalue weighted by atomic mass is 10.0. The van der Waals surface area contributed by atoms with Crippen LogP contribution >= 0.6 is 11.6 Å². The van der Waals surface area contributed by atoms with Crippen LogP contribution in [-0.2, 0) is 9.59 Å². The number of benzene rings is 1. The summed E-state index contributed by atoms with van der Waals surface area (Å²) in [5.74, 6) is -0.928. The van der Waals surface area contributed by atoms with E-state index in [1.807, 2.05) is 13.8 Å². The Kier molecular flexibility index (Phi) is 4.28. The van der Waals surface area contributed by atoms with Crippen LogP contribution in [0.25, 0.3) is 0 Å². The predicted molar refractivity (Wildman–Crippen MR) is 75.1 cm³/mol. The topological polar surface area (TPSA) is 49.4 Å². The Morgan fingerprint density at radius 3 is 2.80 bits per heavy atom. The molecule has 108 valence electrons. The molecule has 1 aromatic carbocycles. The molecule has 0 spiro atoms. The molecule has 1 unspecified atom stereocenters. The summed E-state index contributed by atoms with van der Waals surface area (Å²) < 4.78 is 13.9. The van der Waals surface area contributed by atoms with Gasteiger partial charge in [-0.3, -0.25) is 14.5 Å². The molecule has 0 bridgehead atoms. The van der Waals surface area contributed by atoms with Crippen molar-refractivity contribution in [1.82, 2.24) is 5.32 Å². The average Bonchev–Trinajstić information content (AvgIpc) is 2.36. The first-order valence-electron chi connectivity index (χ1n) is 6.44. The summed E-state index contributed by atoms with van der Waals surface area (Å²) in [6.07, 6.45) is 0.517. The quantitative estimate of drug-likeness (QED) is 0.931. The minimum Gasteiger partial charge on any atom is -0.343 e. The summed E-state index contributed by atoms with van der Waals surface area (Å²) in [5.41, 5.74) is 0.0473. The van der Waals surface area contributed by atoms with Crippen molar-refractivity contribution in [2.75, 3.05) is 11.4 Å². The highest BCUT2D eigenvalue weighted by Gasteiger charge is 2.34. The van der Waals surface area contributed by atoms with Crippen LogP contribution in [0.15, 0.2) is 18.2 Å². The van der Waals surface area contributed by atoms with Crippen molar-refractivity contribution in [2.24, 2.45) is 5.92 Å². The maximum Gasteiger partial charge on any atom is 0.250 e. The van der Waals surface area contributed by atoms with E-state index < -0.39 is 11.9 Å². The molecule has 1 aromatic rings. The van der Waals surface area contributed by atoms with Gasteiger partial charge in [0.15, 0.2) is 0 Å². The van der Waals surface area contributed by atoms with E-state index in [4.69, 9.17) is 11.6 Å². The summed E-state index contributed by atoms with van der Waals surface area (Å²) in [4.78, 5) is 25.3. The molecular weight excluding hydrogens is 283 g/mol. The fourth-order valence-corrected chi connectivity index (χ4v) is 2.41. The molecule has 2 amide bonds. The van der Waals surface area contributed by atoms with Crippen molar-refractivity contribution in [2.45, 2.75) is 26.3 Å². The standard InChI is InChI=1S/C14H16ClFN2O2/c1-8(2)5-11-14(20)18(7-13(19)17-11)12-6-9(15)3-4-10(12)16/h3-4,6,8,11H,5,7H2,1-2H3,(H,17,19). The van der Waals surface area contributed by atoms with Gasteiger partial charge in [0.1, 0.15) is 18.4 Å². The smallest absolute Gasteiger partial charge is 0.250 e. The first-order chi connectivity index (χ1) is 9.38. The maximum atomic E-state index is 13.9. The molecule has 1 heterocycles. The molecule has 1 N–H and O–H groups in total. The van der Waals surface area contributed by atoms with Crippen molar-refractivity contribution in [1.29, 1.82) is 0 Å². The third kappa shape index (κ3) is 3.10. The van der Waals surface area contributed by atoms with Gasteiger partial charge in [-0.15, -0.1) is 0 Å².